The van der Waals surface area contributed by atoms with E-state index in [2.05, 4.69) is 4.98 Å². The molecule has 0 aliphatic carbocycles. The second kappa shape index (κ2) is 4.45. The summed E-state index contributed by atoms with van der Waals surface area (Å²) < 4.78 is 5.43. The second-order valence-electron chi connectivity index (χ2n) is 4.67. The van der Waals surface area contributed by atoms with Gasteiger partial charge < -0.3 is 9.84 Å². The van der Waals surface area contributed by atoms with Crippen LogP contribution in [0.5, 0.6) is 0 Å². The molecule has 0 spiro atoms. The molecule has 1 aromatic rings. The minimum atomic E-state index is -0.820. The molecule has 1 N–H and O–H groups in total. The number of hydrogen-bond acceptors (Lipinski definition) is 3. The SMILES string of the molecule is Cc1cccnc1CC1(C(=O)O)CCOC1C. The van der Waals surface area contributed by atoms with E-state index in [0.717, 1.165) is 11.3 Å². The summed E-state index contributed by atoms with van der Waals surface area (Å²) in [5.74, 6) is -0.785. The first-order chi connectivity index (χ1) is 8.06. The average Bonchev–Trinajstić information content (AvgIpc) is 2.65. The normalized spacial score (nSPS) is 28.2. The summed E-state index contributed by atoms with van der Waals surface area (Å²) in [6, 6.07) is 3.82. The van der Waals surface area contributed by atoms with Gasteiger partial charge in [-0.05, 0) is 31.9 Å². The number of hydrogen-bond donors (Lipinski definition) is 1. The molecule has 2 unspecified atom stereocenters. The van der Waals surface area contributed by atoms with Crippen LogP contribution in [-0.2, 0) is 16.0 Å². The van der Waals surface area contributed by atoms with Crippen molar-refractivity contribution in [3.8, 4) is 0 Å². The summed E-state index contributed by atoms with van der Waals surface area (Å²) in [7, 11) is 0. The molecule has 92 valence electrons. The van der Waals surface area contributed by atoms with Gasteiger partial charge in [-0.1, -0.05) is 6.07 Å². The number of nitrogens with zero attached hydrogens (tertiary/aromatic N) is 1. The van der Waals surface area contributed by atoms with Crippen LogP contribution in [0.25, 0.3) is 0 Å². The third kappa shape index (κ3) is 2.05. The Labute approximate surface area is 101 Å². The van der Waals surface area contributed by atoms with Crippen molar-refractivity contribution in [3.05, 3.63) is 29.6 Å². The topological polar surface area (TPSA) is 59.4 Å². The molecule has 1 aliphatic heterocycles. The van der Waals surface area contributed by atoms with Gasteiger partial charge in [-0.2, -0.15) is 0 Å². The molecule has 1 fully saturated rings. The number of carboxylic acid groups (broad SMARTS) is 1. The Hall–Kier alpha value is -1.42. The quantitative estimate of drug-likeness (QED) is 0.868. The van der Waals surface area contributed by atoms with Crippen LogP contribution in [0.3, 0.4) is 0 Å². The number of carbonyl (C=O) groups is 1. The first-order valence-corrected chi connectivity index (χ1v) is 5.82. The number of rotatable bonds is 3. The van der Waals surface area contributed by atoms with Crippen molar-refractivity contribution in [2.24, 2.45) is 5.41 Å². The highest BCUT2D eigenvalue weighted by molar-refractivity contribution is 5.76. The van der Waals surface area contributed by atoms with Gasteiger partial charge >= 0.3 is 5.97 Å². The molecule has 4 heteroatoms. The molecule has 0 aromatic carbocycles. The lowest BCUT2D eigenvalue weighted by Crippen LogP contribution is -2.39. The molecular formula is C13H17NO3. The van der Waals surface area contributed by atoms with E-state index >= 15 is 0 Å². The molecule has 0 radical (unpaired) electrons. The van der Waals surface area contributed by atoms with Crippen LogP contribution in [0.2, 0.25) is 0 Å². The van der Waals surface area contributed by atoms with Crippen molar-refractivity contribution in [3.63, 3.8) is 0 Å². The number of aryl methyl sites for hydroxylation is 1. The molecule has 2 heterocycles. The van der Waals surface area contributed by atoms with Crippen LogP contribution in [0.4, 0.5) is 0 Å². The Balaban J connectivity index is 2.31. The number of aliphatic carboxylic acids is 1. The molecule has 1 aromatic heterocycles. The zero-order valence-electron chi connectivity index (χ0n) is 10.1. The summed E-state index contributed by atoms with van der Waals surface area (Å²) in [5.41, 5.74) is 1.07. The third-order valence-electron chi connectivity index (χ3n) is 3.72. The fourth-order valence-corrected chi connectivity index (χ4v) is 2.37. The van der Waals surface area contributed by atoms with E-state index in [1.54, 1.807) is 6.20 Å². The minimum Gasteiger partial charge on any atom is -0.481 e. The maximum absolute atomic E-state index is 11.5. The molecule has 0 amide bonds. The van der Waals surface area contributed by atoms with Gasteiger partial charge in [0.1, 0.15) is 5.41 Å². The zero-order chi connectivity index (χ0) is 12.5. The van der Waals surface area contributed by atoms with Crippen LogP contribution in [0.1, 0.15) is 24.6 Å². The molecule has 2 rings (SSSR count). The monoisotopic (exact) mass is 235 g/mol. The Morgan fingerprint density at radius 3 is 3.00 bits per heavy atom. The molecule has 1 aliphatic rings. The summed E-state index contributed by atoms with van der Waals surface area (Å²) in [6.07, 6.45) is 2.44. The second-order valence-corrected chi connectivity index (χ2v) is 4.67. The summed E-state index contributed by atoms with van der Waals surface area (Å²) in [6.45, 7) is 4.30. The Bertz CT molecular complexity index is 432. The lowest BCUT2D eigenvalue weighted by atomic mass is 9.77. The van der Waals surface area contributed by atoms with Crippen LogP contribution >= 0.6 is 0 Å². The molecule has 1 saturated heterocycles. The van der Waals surface area contributed by atoms with Crippen molar-refractivity contribution in [2.45, 2.75) is 32.8 Å². The predicted molar refractivity (Wildman–Crippen MR) is 62.8 cm³/mol. The average molecular weight is 235 g/mol. The van der Waals surface area contributed by atoms with E-state index in [1.165, 1.54) is 0 Å². The number of carboxylic acids is 1. The number of ether oxygens (including phenoxy) is 1. The molecule has 17 heavy (non-hydrogen) atoms. The summed E-state index contributed by atoms with van der Waals surface area (Å²) in [4.78, 5) is 15.8. The van der Waals surface area contributed by atoms with Gasteiger partial charge in [0.2, 0.25) is 0 Å². The highest BCUT2D eigenvalue weighted by atomic mass is 16.5. The predicted octanol–water partition coefficient (Wildman–Crippen LogP) is 1.81. The van der Waals surface area contributed by atoms with Crippen molar-refractivity contribution in [1.82, 2.24) is 4.98 Å². The van der Waals surface area contributed by atoms with Crippen molar-refractivity contribution in [2.75, 3.05) is 6.61 Å². The van der Waals surface area contributed by atoms with E-state index in [9.17, 15) is 9.90 Å². The Kier molecular flexibility index (Phi) is 3.15. The first-order valence-electron chi connectivity index (χ1n) is 5.82. The molecular weight excluding hydrogens is 218 g/mol. The summed E-state index contributed by atoms with van der Waals surface area (Å²) >= 11 is 0. The van der Waals surface area contributed by atoms with Crippen molar-refractivity contribution >= 4 is 5.97 Å². The number of aromatic nitrogens is 1. The fraction of sp³-hybridized carbons (Fsp3) is 0.538. The van der Waals surface area contributed by atoms with E-state index in [1.807, 2.05) is 26.0 Å². The summed E-state index contributed by atoms with van der Waals surface area (Å²) in [5, 5.41) is 9.48. The van der Waals surface area contributed by atoms with Crippen LogP contribution in [0, 0.1) is 12.3 Å². The minimum absolute atomic E-state index is 0.263. The van der Waals surface area contributed by atoms with Gasteiger partial charge in [0.05, 0.1) is 6.10 Å². The zero-order valence-corrected chi connectivity index (χ0v) is 10.1. The van der Waals surface area contributed by atoms with Gasteiger partial charge in [0.25, 0.3) is 0 Å². The molecule has 0 saturated carbocycles. The van der Waals surface area contributed by atoms with Gasteiger partial charge in [-0.15, -0.1) is 0 Å². The smallest absolute Gasteiger partial charge is 0.312 e. The van der Waals surface area contributed by atoms with E-state index < -0.39 is 11.4 Å². The largest absolute Gasteiger partial charge is 0.481 e. The maximum atomic E-state index is 11.5. The lowest BCUT2D eigenvalue weighted by Gasteiger charge is -2.27. The van der Waals surface area contributed by atoms with Gasteiger partial charge in [0.15, 0.2) is 0 Å². The van der Waals surface area contributed by atoms with E-state index in [4.69, 9.17) is 4.74 Å². The highest BCUT2D eigenvalue weighted by Crippen LogP contribution is 2.38. The van der Waals surface area contributed by atoms with Crippen LogP contribution < -0.4 is 0 Å². The first kappa shape index (κ1) is 12.0. The molecule has 4 nitrogen and oxygen atoms in total. The number of pyridine rings is 1. The van der Waals surface area contributed by atoms with Gasteiger partial charge in [0, 0.05) is 24.9 Å². The van der Waals surface area contributed by atoms with E-state index in [-0.39, 0.29) is 6.10 Å². The highest BCUT2D eigenvalue weighted by Gasteiger charge is 2.48. The standard InChI is InChI=1S/C13H17NO3/c1-9-4-3-6-14-11(9)8-13(12(15)16)5-7-17-10(13)2/h3-4,6,10H,5,7-8H2,1-2H3,(H,15,16). The van der Waals surface area contributed by atoms with Gasteiger partial charge in [-0.25, -0.2) is 0 Å². The Morgan fingerprint density at radius 1 is 1.71 bits per heavy atom. The Morgan fingerprint density at radius 2 is 2.47 bits per heavy atom. The van der Waals surface area contributed by atoms with Crippen LogP contribution in [-0.4, -0.2) is 28.8 Å². The third-order valence-corrected chi connectivity index (χ3v) is 3.72. The fourth-order valence-electron chi connectivity index (χ4n) is 2.37. The maximum Gasteiger partial charge on any atom is 0.312 e. The molecule has 2 atom stereocenters. The van der Waals surface area contributed by atoms with Crippen LogP contribution in [0.15, 0.2) is 18.3 Å². The van der Waals surface area contributed by atoms with Crippen molar-refractivity contribution in [1.29, 1.82) is 0 Å². The van der Waals surface area contributed by atoms with Gasteiger partial charge in [-0.3, -0.25) is 9.78 Å². The van der Waals surface area contributed by atoms with Crippen molar-refractivity contribution < 1.29 is 14.6 Å². The molecule has 0 bridgehead atoms. The van der Waals surface area contributed by atoms with E-state index in [0.29, 0.717) is 19.4 Å². The lowest BCUT2D eigenvalue weighted by molar-refractivity contribution is -0.151.